The van der Waals surface area contributed by atoms with Crippen molar-refractivity contribution in [1.29, 1.82) is 0 Å². The Morgan fingerprint density at radius 1 is 1.33 bits per heavy atom. The van der Waals surface area contributed by atoms with E-state index in [-0.39, 0.29) is 16.4 Å². The molecular weight excluding hydrogens is 343 g/mol. The van der Waals surface area contributed by atoms with Crippen LogP contribution in [0.2, 0.25) is 0 Å². The molecule has 1 amide bonds. The highest BCUT2D eigenvalue weighted by molar-refractivity contribution is 9.09. The summed E-state index contributed by atoms with van der Waals surface area (Å²) in [4.78, 5) is 22.6. The average Bonchev–Trinajstić information content (AvgIpc) is 2.64. The number of amides is 1. The Labute approximate surface area is 130 Å². The summed E-state index contributed by atoms with van der Waals surface area (Å²) < 4.78 is 13.1. The molecule has 5 nitrogen and oxygen atoms in total. The molecule has 0 aliphatic heterocycles. The zero-order valence-electron chi connectivity index (χ0n) is 11.4. The molecule has 7 heteroatoms. The summed E-state index contributed by atoms with van der Waals surface area (Å²) in [5.74, 6) is -1.26. The Hall–Kier alpha value is -1.50. The van der Waals surface area contributed by atoms with Crippen molar-refractivity contribution in [2.45, 2.75) is 43.0 Å². The monoisotopic (exact) mass is 358 g/mol. The molecule has 0 radical (unpaired) electrons. The molecule has 1 aliphatic carbocycles. The van der Waals surface area contributed by atoms with Gasteiger partial charge in [0, 0.05) is 10.9 Å². The van der Waals surface area contributed by atoms with Gasteiger partial charge in [0.25, 0.3) is 11.6 Å². The number of rotatable bonds is 3. The Bertz CT molecular complexity index is 553. The maximum atomic E-state index is 13.1. The number of nitrogens with one attached hydrogen (secondary N) is 1. The minimum Gasteiger partial charge on any atom is -0.348 e. The predicted octanol–water partition coefficient (Wildman–Crippen LogP) is 3.56. The summed E-state index contributed by atoms with van der Waals surface area (Å²) in [5, 5.41) is 13.8. The molecular formula is C14H16BrFN2O3. The van der Waals surface area contributed by atoms with E-state index in [1.165, 1.54) is 0 Å². The number of carbonyl (C=O) groups is 1. The van der Waals surface area contributed by atoms with Crippen LogP contribution in [0.25, 0.3) is 0 Å². The van der Waals surface area contributed by atoms with E-state index in [9.17, 15) is 19.3 Å². The van der Waals surface area contributed by atoms with Gasteiger partial charge in [-0.1, -0.05) is 35.2 Å². The minimum absolute atomic E-state index is 0.0651. The smallest absolute Gasteiger partial charge is 0.285 e. The molecule has 1 aromatic rings. The highest BCUT2D eigenvalue weighted by Gasteiger charge is 2.27. The average molecular weight is 359 g/mol. The summed E-state index contributed by atoms with van der Waals surface area (Å²) in [7, 11) is 0. The van der Waals surface area contributed by atoms with E-state index in [4.69, 9.17) is 0 Å². The number of halogens is 2. The highest BCUT2D eigenvalue weighted by Crippen LogP contribution is 2.25. The van der Waals surface area contributed by atoms with E-state index in [1.54, 1.807) is 0 Å². The standard InChI is InChI=1S/C14H16BrFN2O3/c15-11-4-2-1-3-5-12(11)17-14(19)10-7-6-9(16)8-13(10)18(20)21/h6-8,11-12H,1-5H2,(H,17,19). The van der Waals surface area contributed by atoms with Gasteiger partial charge in [-0.2, -0.15) is 0 Å². The van der Waals surface area contributed by atoms with Crippen LogP contribution < -0.4 is 5.32 Å². The fourth-order valence-corrected chi connectivity index (χ4v) is 3.24. The van der Waals surface area contributed by atoms with Gasteiger partial charge in [0.2, 0.25) is 0 Å². The van der Waals surface area contributed by atoms with Gasteiger partial charge in [0.15, 0.2) is 0 Å². The van der Waals surface area contributed by atoms with E-state index in [0.29, 0.717) is 0 Å². The molecule has 1 aliphatic rings. The second kappa shape index (κ2) is 6.98. The molecule has 0 heterocycles. The van der Waals surface area contributed by atoms with Crippen molar-refractivity contribution in [3.8, 4) is 0 Å². The van der Waals surface area contributed by atoms with Crippen molar-refractivity contribution in [1.82, 2.24) is 5.32 Å². The van der Waals surface area contributed by atoms with Crippen molar-refractivity contribution in [3.63, 3.8) is 0 Å². The third-order valence-electron chi connectivity index (χ3n) is 3.65. The SMILES string of the molecule is O=C(NC1CCCCCC1Br)c1ccc(F)cc1[N+](=O)[O-]. The summed E-state index contributed by atoms with van der Waals surface area (Å²) in [6.07, 6.45) is 5.01. The Balaban J connectivity index is 2.18. The molecule has 0 aromatic heterocycles. The molecule has 2 rings (SSSR count). The van der Waals surface area contributed by atoms with Crippen LogP contribution >= 0.6 is 15.9 Å². The zero-order chi connectivity index (χ0) is 15.4. The molecule has 1 aromatic carbocycles. The number of benzene rings is 1. The molecule has 114 valence electrons. The molecule has 0 saturated heterocycles. The third kappa shape index (κ3) is 4.00. The molecule has 1 fully saturated rings. The van der Waals surface area contributed by atoms with Gasteiger partial charge in [-0.05, 0) is 25.0 Å². The Morgan fingerprint density at radius 2 is 2.05 bits per heavy atom. The topological polar surface area (TPSA) is 72.2 Å². The molecule has 2 atom stereocenters. The molecule has 21 heavy (non-hydrogen) atoms. The van der Waals surface area contributed by atoms with Crippen LogP contribution in [-0.4, -0.2) is 21.7 Å². The number of nitro benzene ring substituents is 1. The van der Waals surface area contributed by atoms with E-state index in [0.717, 1.165) is 50.3 Å². The van der Waals surface area contributed by atoms with Crippen molar-refractivity contribution < 1.29 is 14.1 Å². The van der Waals surface area contributed by atoms with Gasteiger partial charge >= 0.3 is 0 Å². The molecule has 0 spiro atoms. The maximum absolute atomic E-state index is 13.1. The number of alkyl halides is 1. The summed E-state index contributed by atoms with van der Waals surface area (Å²) in [6.45, 7) is 0. The van der Waals surface area contributed by atoms with Crippen LogP contribution in [0.15, 0.2) is 18.2 Å². The lowest BCUT2D eigenvalue weighted by atomic mass is 10.1. The van der Waals surface area contributed by atoms with Crippen molar-refractivity contribution in [2.75, 3.05) is 0 Å². The normalized spacial score (nSPS) is 22.4. The van der Waals surface area contributed by atoms with Gasteiger partial charge in [-0.3, -0.25) is 14.9 Å². The van der Waals surface area contributed by atoms with Gasteiger partial charge in [-0.15, -0.1) is 0 Å². The fourth-order valence-electron chi connectivity index (χ4n) is 2.52. The molecule has 0 bridgehead atoms. The maximum Gasteiger partial charge on any atom is 0.285 e. The molecule has 1 N–H and O–H groups in total. The Morgan fingerprint density at radius 3 is 2.76 bits per heavy atom. The lowest BCUT2D eigenvalue weighted by Gasteiger charge is -2.21. The molecule has 1 saturated carbocycles. The quantitative estimate of drug-likeness (QED) is 0.388. The zero-order valence-corrected chi connectivity index (χ0v) is 12.9. The van der Waals surface area contributed by atoms with Crippen molar-refractivity contribution in [2.24, 2.45) is 0 Å². The van der Waals surface area contributed by atoms with Crippen molar-refractivity contribution in [3.05, 3.63) is 39.7 Å². The first kappa shape index (κ1) is 15.9. The van der Waals surface area contributed by atoms with E-state index >= 15 is 0 Å². The van der Waals surface area contributed by atoms with E-state index in [1.807, 2.05) is 0 Å². The third-order valence-corrected chi connectivity index (χ3v) is 4.75. The van der Waals surface area contributed by atoms with Crippen LogP contribution in [0.3, 0.4) is 0 Å². The van der Waals surface area contributed by atoms with E-state index in [2.05, 4.69) is 21.2 Å². The minimum atomic E-state index is -0.739. The van der Waals surface area contributed by atoms with Crippen LogP contribution in [0.1, 0.15) is 42.5 Å². The summed E-state index contributed by atoms with van der Waals surface area (Å²) >= 11 is 3.56. The number of hydrogen-bond acceptors (Lipinski definition) is 3. The fraction of sp³-hybridized carbons (Fsp3) is 0.500. The van der Waals surface area contributed by atoms with Gasteiger partial charge < -0.3 is 5.32 Å². The van der Waals surface area contributed by atoms with E-state index < -0.39 is 22.3 Å². The first-order valence-corrected chi connectivity index (χ1v) is 7.79. The van der Waals surface area contributed by atoms with Gasteiger partial charge in [-0.25, -0.2) is 4.39 Å². The first-order chi connectivity index (χ1) is 9.99. The highest BCUT2D eigenvalue weighted by atomic mass is 79.9. The largest absolute Gasteiger partial charge is 0.348 e. The van der Waals surface area contributed by atoms with Crippen LogP contribution in [-0.2, 0) is 0 Å². The number of carbonyl (C=O) groups excluding carboxylic acids is 1. The van der Waals surface area contributed by atoms with Gasteiger partial charge in [0.05, 0.1) is 11.0 Å². The number of hydrogen-bond donors (Lipinski definition) is 1. The number of nitro groups is 1. The summed E-state index contributed by atoms with van der Waals surface area (Å²) in [6, 6.07) is 2.92. The van der Waals surface area contributed by atoms with Crippen LogP contribution in [0.4, 0.5) is 10.1 Å². The van der Waals surface area contributed by atoms with Crippen LogP contribution in [0.5, 0.6) is 0 Å². The predicted molar refractivity (Wildman–Crippen MR) is 80.1 cm³/mol. The number of nitrogens with zero attached hydrogens (tertiary/aromatic N) is 1. The lowest BCUT2D eigenvalue weighted by Crippen LogP contribution is -2.40. The first-order valence-electron chi connectivity index (χ1n) is 6.88. The summed E-state index contributed by atoms with van der Waals surface area (Å²) in [5.41, 5.74) is -0.613. The van der Waals surface area contributed by atoms with Crippen molar-refractivity contribution >= 4 is 27.5 Å². The molecule has 2 unspecified atom stereocenters. The van der Waals surface area contributed by atoms with Crippen LogP contribution in [0, 0.1) is 15.9 Å². The Kier molecular flexibility index (Phi) is 5.27. The second-order valence-corrected chi connectivity index (χ2v) is 6.33. The van der Waals surface area contributed by atoms with Gasteiger partial charge in [0.1, 0.15) is 11.4 Å². The second-order valence-electron chi connectivity index (χ2n) is 5.15. The lowest BCUT2D eigenvalue weighted by molar-refractivity contribution is -0.385.